The quantitative estimate of drug-likeness (QED) is 0.802. The van der Waals surface area contributed by atoms with Crippen LogP contribution in [0, 0.1) is 20.8 Å². The Morgan fingerprint density at radius 2 is 1.35 bits per heavy atom. The summed E-state index contributed by atoms with van der Waals surface area (Å²) in [6.07, 6.45) is 0. The predicted octanol–water partition coefficient (Wildman–Crippen LogP) is 4.32. The molecule has 2 aromatic rings. The van der Waals surface area contributed by atoms with Crippen LogP contribution in [0.2, 0.25) is 0 Å². The third kappa shape index (κ3) is 2.33. The maximum absolute atomic E-state index is 3.14. The molecular weight excluding hydrogens is 206 g/mol. The van der Waals surface area contributed by atoms with E-state index in [9.17, 15) is 0 Å². The molecule has 1 heteroatoms. The molecule has 0 atom stereocenters. The van der Waals surface area contributed by atoms with Crippen LogP contribution in [0.4, 0.5) is 5.69 Å². The van der Waals surface area contributed by atoms with E-state index in [2.05, 4.69) is 62.5 Å². The largest absolute Gasteiger partial charge is 0.388 e. The van der Waals surface area contributed by atoms with Crippen LogP contribution < -0.4 is 5.32 Å². The van der Waals surface area contributed by atoms with Gasteiger partial charge >= 0.3 is 0 Å². The van der Waals surface area contributed by atoms with Crippen molar-refractivity contribution in [1.82, 2.24) is 0 Å². The maximum atomic E-state index is 3.14. The van der Waals surface area contributed by atoms with Gasteiger partial charge in [-0.3, -0.25) is 0 Å². The second-order valence-electron chi connectivity index (χ2n) is 4.58. The molecule has 1 N–H and O–H groups in total. The van der Waals surface area contributed by atoms with Crippen LogP contribution in [-0.2, 0) is 0 Å². The topological polar surface area (TPSA) is 12.0 Å². The highest BCUT2D eigenvalue weighted by atomic mass is 14.8. The summed E-state index contributed by atoms with van der Waals surface area (Å²) in [6.45, 7) is 6.50. The van der Waals surface area contributed by atoms with Crippen molar-refractivity contribution in [3.8, 4) is 11.1 Å². The maximum Gasteiger partial charge on any atom is 0.0337 e. The van der Waals surface area contributed by atoms with Gasteiger partial charge in [0.25, 0.3) is 0 Å². The van der Waals surface area contributed by atoms with Gasteiger partial charge in [-0.2, -0.15) is 0 Å². The molecule has 2 aromatic carbocycles. The van der Waals surface area contributed by atoms with Crippen LogP contribution in [0.5, 0.6) is 0 Å². The zero-order chi connectivity index (χ0) is 12.4. The van der Waals surface area contributed by atoms with E-state index in [1.54, 1.807) is 0 Å². The van der Waals surface area contributed by atoms with Crippen LogP contribution in [0.1, 0.15) is 16.7 Å². The molecule has 0 radical (unpaired) electrons. The van der Waals surface area contributed by atoms with Crippen molar-refractivity contribution < 1.29 is 0 Å². The Morgan fingerprint density at radius 3 is 1.94 bits per heavy atom. The van der Waals surface area contributed by atoms with E-state index in [1.807, 2.05) is 7.05 Å². The fourth-order valence-corrected chi connectivity index (χ4v) is 2.09. The molecule has 1 nitrogen and oxygen atoms in total. The molecule has 0 unspecified atom stereocenters. The lowest BCUT2D eigenvalue weighted by Crippen LogP contribution is -1.90. The van der Waals surface area contributed by atoms with Crippen LogP contribution in [0.3, 0.4) is 0 Å². The number of nitrogens with one attached hydrogen (secondary N) is 1. The molecule has 0 fully saturated rings. The van der Waals surface area contributed by atoms with Gasteiger partial charge in [0, 0.05) is 12.7 Å². The number of anilines is 1. The van der Waals surface area contributed by atoms with Crippen molar-refractivity contribution in [2.24, 2.45) is 0 Å². The van der Waals surface area contributed by atoms with Gasteiger partial charge in [0.2, 0.25) is 0 Å². The average Bonchev–Trinajstić information content (AvgIpc) is 2.34. The lowest BCUT2D eigenvalue weighted by atomic mass is 9.95. The molecule has 0 bridgehead atoms. The number of hydrogen-bond donors (Lipinski definition) is 1. The minimum Gasteiger partial charge on any atom is -0.388 e. The summed E-state index contributed by atoms with van der Waals surface area (Å²) >= 11 is 0. The SMILES string of the molecule is CNc1ccc(-c2cc(C)c(C)cc2C)cc1. The van der Waals surface area contributed by atoms with Crippen LogP contribution >= 0.6 is 0 Å². The average molecular weight is 225 g/mol. The molecule has 0 aliphatic carbocycles. The molecule has 0 amide bonds. The highest BCUT2D eigenvalue weighted by Gasteiger charge is 2.04. The Balaban J connectivity index is 2.48. The van der Waals surface area contributed by atoms with Gasteiger partial charge < -0.3 is 5.32 Å². The summed E-state index contributed by atoms with van der Waals surface area (Å²) in [6, 6.07) is 13.1. The first-order chi connectivity index (χ1) is 8.11. The minimum atomic E-state index is 1.15. The normalized spacial score (nSPS) is 10.4. The summed E-state index contributed by atoms with van der Waals surface area (Å²) in [7, 11) is 1.94. The van der Waals surface area contributed by atoms with Gasteiger partial charge in [0.1, 0.15) is 0 Å². The molecule has 0 aliphatic heterocycles. The van der Waals surface area contributed by atoms with Crippen molar-refractivity contribution in [2.45, 2.75) is 20.8 Å². The van der Waals surface area contributed by atoms with Crippen molar-refractivity contribution in [2.75, 3.05) is 12.4 Å². The number of aryl methyl sites for hydroxylation is 3. The number of rotatable bonds is 2. The van der Waals surface area contributed by atoms with E-state index in [4.69, 9.17) is 0 Å². The van der Waals surface area contributed by atoms with E-state index < -0.39 is 0 Å². The smallest absolute Gasteiger partial charge is 0.0337 e. The zero-order valence-electron chi connectivity index (χ0n) is 11.0. The number of hydrogen-bond acceptors (Lipinski definition) is 1. The van der Waals surface area contributed by atoms with E-state index >= 15 is 0 Å². The predicted molar refractivity (Wildman–Crippen MR) is 75.6 cm³/mol. The summed E-state index contributed by atoms with van der Waals surface area (Å²) in [4.78, 5) is 0. The summed E-state index contributed by atoms with van der Waals surface area (Å²) in [5.41, 5.74) is 7.81. The van der Waals surface area contributed by atoms with Gasteiger partial charge in [0.05, 0.1) is 0 Å². The lowest BCUT2D eigenvalue weighted by molar-refractivity contribution is 1.30. The first kappa shape index (κ1) is 11.7. The molecule has 0 saturated heterocycles. The summed E-state index contributed by atoms with van der Waals surface area (Å²) in [5.74, 6) is 0. The first-order valence-electron chi connectivity index (χ1n) is 5.98. The van der Waals surface area contributed by atoms with Crippen molar-refractivity contribution in [1.29, 1.82) is 0 Å². The monoisotopic (exact) mass is 225 g/mol. The molecule has 0 saturated carbocycles. The highest BCUT2D eigenvalue weighted by molar-refractivity contribution is 5.70. The zero-order valence-corrected chi connectivity index (χ0v) is 11.0. The molecule has 17 heavy (non-hydrogen) atoms. The van der Waals surface area contributed by atoms with Crippen LogP contribution in [0.15, 0.2) is 36.4 Å². The van der Waals surface area contributed by atoms with E-state index in [0.717, 1.165) is 5.69 Å². The standard InChI is InChI=1S/C16H19N/c1-11-9-13(3)16(10-12(11)2)14-5-7-15(17-4)8-6-14/h5-10,17H,1-4H3. The first-order valence-corrected chi connectivity index (χ1v) is 5.98. The summed E-state index contributed by atoms with van der Waals surface area (Å²) in [5, 5.41) is 3.14. The minimum absolute atomic E-state index is 1.15. The molecular formula is C16H19N. The van der Waals surface area contributed by atoms with Crippen molar-refractivity contribution in [3.63, 3.8) is 0 Å². The number of benzene rings is 2. The fourth-order valence-electron chi connectivity index (χ4n) is 2.09. The fraction of sp³-hybridized carbons (Fsp3) is 0.250. The van der Waals surface area contributed by atoms with E-state index in [0.29, 0.717) is 0 Å². The Morgan fingerprint density at radius 1 is 0.765 bits per heavy atom. The Kier molecular flexibility index (Phi) is 3.19. The second-order valence-corrected chi connectivity index (χ2v) is 4.58. The van der Waals surface area contributed by atoms with Gasteiger partial charge in [-0.05, 0) is 60.7 Å². The molecule has 2 rings (SSSR count). The van der Waals surface area contributed by atoms with Gasteiger partial charge in [-0.25, -0.2) is 0 Å². The Bertz CT molecular complexity index is 524. The van der Waals surface area contributed by atoms with Crippen LogP contribution in [0.25, 0.3) is 11.1 Å². The van der Waals surface area contributed by atoms with Gasteiger partial charge in [0.15, 0.2) is 0 Å². The highest BCUT2D eigenvalue weighted by Crippen LogP contribution is 2.27. The molecule has 0 heterocycles. The molecule has 0 aromatic heterocycles. The van der Waals surface area contributed by atoms with Crippen molar-refractivity contribution >= 4 is 5.69 Å². The third-order valence-corrected chi connectivity index (χ3v) is 3.33. The Labute approximate surface area is 103 Å². The molecule has 88 valence electrons. The lowest BCUT2D eigenvalue weighted by Gasteiger charge is -2.10. The van der Waals surface area contributed by atoms with Gasteiger partial charge in [-0.15, -0.1) is 0 Å². The second kappa shape index (κ2) is 4.62. The van der Waals surface area contributed by atoms with E-state index in [-0.39, 0.29) is 0 Å². The summed E-state index contributed by atoms with van der Waals surface area (Å²) < 4.78 is 0. The Hall–Kier alpha value is -1.76. The third-order valence-electron chi connectivity index (χ3n) is 3.33. The van der Waals surface area contributed by atoms with Crippen LogP contribution in [-0.4, -0.2) is 7.05 Å². The van der Waals surface area contributed by atoms with E-state index in [1.165, 1.54) is 27.8 Å². The molecule has 0 spiro atoms. The van der Waals surface area contributed by atoms with Crippen molar-refractivity contribution in [3.05, 3.63) is 53.1 Å². The van der Waals surface area contributed by atoms with Gasteiger partial charge in [-0.1, -0.05) is 24.3 Å². The molecule has 0 aliphatic rings.